The van der Waals surface area contributed by atoms with Crippen LogP contribution in [-0.2, 0) is 0 Å². The van der Waals surface area contributed by atoms with Crippen molar-refractivity contribution in [3.05, 3.63) is 71.5 Å². The Kier molecular flexibility index (Phi) is 5.29. The van der Waals surface area contributed by atoms with Crippen molar-refractivity contribution < 1.29 is 14.3 Å². The van der Waals surface area contributed by atoms with Crippen LogP contribution < -0.4 is 20.1 Å². The number of anilines is 2. The number of nitrogens with zero attached hydrogens (tertiary/aromatic N) is 2. The maximum Gasteiger partial charge on any atom is 0.251 e. The van der Waals surface area contributed by atoms with Gasteiger partial charge in [0.1, 0.15) is 12.7 Å². The zero-order valence-electron chi connectivity index (χ0n) is 16.3. The van der Waals surface area contributed by atoms with Gasteiger partial charge in [0.15, 0.2) is 11.5 Å². The first-order valence-corrected chi connectivity index (χ1v) is 9.43. The summed E-state index contributed by atoms with van der Waals surface area (Å²) < 4.78 is 11.6. The van der Waals surface area contributed by atoms with Crippen molar-refractivity contribution in [1.82, 2.24) is 15.3 Å². The second kappa shape index (κ2) is 8.18. The summed E-state index contributed by atoms with van der Waals surface area (Å²) in [7, 11) is 0. The van der Waals surface area contributed by atoms with Crippen LogP contribution in [0.15, 0.2) is 54.6 Å². The van der Waals surface area contributed by atoms with Gasteiger partial charge in [0.25, 0.3) is 5.91 Å². The third-order valence-electron chi connectivity index (χ3n) is 4.42. The van der Waals surface area contributed by atoms with Crippen LogP contribution in [0.2, 0.25) is 0 Å². The van der Waals surface area contributed by atoms with E-state index in [1.807, 2.05) is 56.3 Å². The van der Waals surface area contributed by atoms with E-state index in [1.165, 1.54) is 0 Å². The summed E-state index contributed by atoms with van der Waals surface area (Å²) in [5.74, 6) is 1.74. The Hall–Kier alpha value is -3.61. The molecule has 1 aliphatic rings. The lowest BCUT2D eigenvalue weighted by Crippen LogP contribution is -2.40. The number of rotatable bonds is 5. The van der Waals surface area contributed by atoms with Gasteiger partial charge in [-0.2, -0.15) is 0 Å². The molecule has 1 aromatic heterocycles. The van der Waals surface area contributed by atoms with E-state index in [0.29, 0.717) is 30.4 Å². The molecular formula is C22H22N4O3. The quantitative estimate of drug-likeness (QED) is 0.694. The summed E-state index contributed by atoms with van der Waals surface area (Å²) in [6.45, 7) is 4.58. The number of aromatic nitrogens is 2. The van der Waals surface area contributed by atoms with Crippen molar-refractivity contribution in [2.24, 2.45) is 0 Å². The van der Waals surface area contributed by atoms with Crippen molar-refractivity contribution in [3.8, 4) is 11.5 Å². The van der Waals surface area contributed by atoms with Gasteiger partial charge in [-0.25, -0.2) is 9.97 Å². The van der Waals surface area contributed by atoms with E-state index < -0.39 is 0 Å². The largest absolute Gasteiger partial charge is 0.486 e. The number of hydrogen-bond donors (Lipinski definition) is 2. The molecule has 148 valence electrons. The molecule has 2 heterocycles. The van der Waals surface area contributed by atoms with Gasteiger partial charge in [0.05, 0.1) is 6.54 Å². The summed E-state index contributed by atoms with van der Waals surface area (Å²) in [4.78, 5) is 21.3. The van der Waals surface area contributed by atoms with E-state index in [1.54, 1.807) is 12.1 Å². The number of fused-ring (bicyclic) bond motifs is 1. The number of hydrogen-bond acceptors (Lipinski definition) is 6. The molecule has 0 aliphatic carbocycles. The number of amides is 1. The molecule has 2 N–H and O–H groups in total. The van der Waals surface area contributed by atoms with E-state index >= 15 is 0 Å². The van der Waals surface area contributed by atoms with Crippen LogP contribution >= 0.6 is 0 Å². The minimum Gasteiger partial charge on any atom is -0.486 e. The molecule has 1 amide bonds. The van der Waals surface area contributed by atoms with Gasteiger partial charge in [-0.1, -0.05) is 18.2 Å². The van der Waals surface area contributed by atoms with Gasteiger partial charge < -0.3 is 20.1 Å². The Morgan fingerprint density at radius 1 is 1.03 bits per heavy atom. The monoisotopic (exact) mass is 390 g/mol. The molecule has 7 nitrogen and oxygen atoms in total. The van der Waals surface area contributed by atoms with Gasteiger partial charge in [-0.15, -0.1) is 0 Å². The number of para-hydroxylation sites is 2. The van der Waals surface area contributed by atoms with Gasteiger partial charge >= 0.3 is 0 Å². The number of benzene rings is 2. The molecule has 29 heavy (non-hydrogen) atoms. The first kappa shape index (κ1) is 18.7. The van der Waals surface area contributed by atoms with E-state index in [9.17, 15) is 4.79 Å². The van der Waals surface area contributed by atoms with Gasteiger partial charge in [-0.3, -0.25) is 4.79 Å². The van der Waals surface area contributed by atoms with Crippen molar-refractivity contribution >= 4 is 17.5 Å². The maximum absolute atomic E-state index is 12.6. The van der Waals surface area contributed by atoms with E-state index in [2.05, 4.69) is 20.6 Å². The zero-order valence-corrected chi connectivity index (χ0v) is 16.3. The molecule has 0 spiro atoms. The molecule has 1 unspecified atom stereocenters. The predicted octanol–water partition coefficient (Wildman–Crippen LogP) is 3.41. The second-order valence-corrected chi connectivity index (χ2v) is 6.89. The lowest BCUT2D eigenvalue weighted by atomic mass is 10.2. The van der Waals surface area contributed by atoms with Crippen molar-refractivity contribution in [2.45, 2.75) is 20.0 Å². The van der Waals surface area contributed by atoms with Crippen LogP contribution in [0.1, 0.15) is 21.7 Å². The van der Waals surface area contributed by atoms with Gasteiger partial charge in [0.2, 0.25) is 5.95 Å². The van der Waals surface area contributed by atoms with Crippen LogP contribution in [0.5, 0.6) is 11.5 Å². The van der Waals surface area contributed by atoms with E-state index in [-0.39, 0.29) is 12.0 Å². The third-order valence-corrected chi connectivity index (χ3v) is 4.42. The molecular weight excluding hydrogens is 368 g/mol. The lowest BCUT2D eigenvalue weighted by molar-refractivity contribution is 0.0789. The number of nitrogens with one attached hydrogen (secondary N) is 2. The summed E-state index contributed by atoms with van der Waals surface area (Å²) in [6, 6.07) is 16.6. The Balaban J connectivity index is 1.37. The van der Waals surface area contributed by atoms with Crippen LogP contribution in [0.25, 0.3) is 0 Å². The normalized spacial score (nSPS) is 14.9. The second-order valence-electron chi connectivity index (χ2n) is 6.89. The summed E-state index contributed by atoms with van der Waals surface area (Å²) >= 11 is 0. The number of carbonyl (C=O) groups is 1. The number of aryl methyl sites for hydroxylation is 2. The highest BCUT2D eigenvalue weighted by molar-refractivity contribution is 5.95. The highest BCUT2D eigenvalue weighted by Gasteiger charge is 2.21. The topological polar surface area (TPSA) is 85.4 Å². The van der Waals surface area contributed by atoms with Crippen molar-refractivity contribution in [3.63, 3.8) is 0 Å². The fourth-order valence-electron chi connectivity index (χ4n) is 3.12. The fourth-order valence-corrected chi connectivity index (χ4v) is 3.12. The Labute approximate surface area is 169 Å². The molecule has 0 bridgehead atoms. The standard InChI is InChI=1S/C22H22N4O3/c1-14-10-15(2)25-22(24-14)26-17-7-5-6-16(11-17)21(27)23-12-18-13-28-19-8-3-4-9-20(19)29-18/h3-11,18H,12-13H2,1-2H3,(H,23,27)(H,24,25,26). The van der Waals surface area contributed by atoms with Crippen LogP contribution in [0.4, 0.5) is 11.6 Å². The lowest BCUT2D eigenvalue weighted by Gasteiger charge is -2.26. The zero-order chi connectivity index (χ0) is 20.2. The molecule has 0 saturated heterocycles. The molecule has 7 heteroatoms. The molecule has 0 saturated carbocycles. The Morgan fingerprint density at radius 2 is 1.79 bits per heavy atom. The first-order valence-electron chi connectivity index (χ1n) is 9.43. The van der Waals surface area contributed by atoms with Crippen molar-refractivity contribution in [1.29, 1.82) is 0 Å². The van der Waals surface area contributed by atoms with Crippen LogP contribution in [-0.4, -0.2) is 35.1 Å². The highest BCUT2D eigenvalue weighted by Crippen LogP contribution is 2.30. The number of ether oxygens (including phenoxy) is 2. The van der Waals surface area contributed by atoms with E-state index in [0.717, 1.165) is 22.8 Å². The molecule has 0 radical (unpaired) electrons. The van der Waals surface area contributed by atoms with E-state index in [4.69, 9.17) is 9.47 Å². The molecule has 0 fully saturated rings. The van der Waals surface area contributed by atoms with Crippen LogP contribution in [0, 0.1) is 13.8 Å². The van der Waals surface area contributed by atoms with Gasteiger partial charge in [0, 0.05) is 22.6 Å². The average Bonchev–Trinajstić information content (AvgIpc) is 2.71. The minimum absolute atomic E-state index is 0.183. The predicted molar refractivity (Wildman–Crippen MR) is 110 cm³/mol. The first-order chi connectivity index (χ1) is 14.1. The molecule has 3 aromatic rings. The number of carbonyl (C=O) groups excluding carboxylic acids is 1. The average molecular weight is 390 g/mol. The van der Waals surface area contributed by atoms with Crippen molar-refractivity contribution in [2.75, 3.05) is 18.5 Å². The summed E-state index contributed by atoms with van der Waals surface area (Å²) in [5, 5.41) is 6.06. The molecule has 4 rings (SSSR count). The highest BCUT2D eigenvalue weighted by atomic mass is 16.6. The Bertz CT molecular complexity index is 1020. The smallest absolute Gasteiger partial charge is 0.251 e. The SMILES string of the molecule is Cc1cc(C)nc(Nc2cccc(C(=O)NCC3COc4ccccc4O3)c2)n1. The summed E-state index contributed by atoms with van der Waals surface area (Å²) in [6.07, 6.45) is -0.237. The Morgan fingerprint density at radius 3 is 2.59 bits per heavy atom. The maximum atomic E-state index is 12.6. The van der Waals surface area contributed by atoms with Gasteiger partial charge in [-0.05, 0) is 50.2 Å². The molecule has 1 atom stereocenters. The minimum atomic E-state index is -0.237. The molecule has 1 aliphatic heterocycles. The fraction of sp³-hybridized carbons (Fsp3) is 0.227. The molecule has 2 aromatic carbocycles. The third kappa shape index (κ3) is 4.63. The summed E-state index contributed by atoms with van der Waals surface area (Å²) in [5.41, 5.74) is 3.04. The van der Waals surface area contributed by atoms with Crippen LogP contribution in [0.3, 0.4) is 0 Å².